The van der Waals surface area contributed by atoms with E-state index in [-0.39, 0.29) is 18.5 Å². The Morgan fingerprint density at radius 2 is 1.69 bits per heavy atom. The zero-order valence-corrected chi connectivity index (χ0v) is 19.0. The molecule has 0 aliphatic rings. The van der Waals surface area contributed by atoms with Crippen molar-refractivity contribution >= 4 is 11.9 Å². The highest BCUT2D eigenvalue weighted by molar-refractivity contribution is 5.70. The average molecular weight is 414 g/mol. The van der Waals surface area contributed by atoms with Crippen LogP contribution >= 0.6 is 0 Å². The number of carboxylic acid groups (broad SMARTS) is 1. The van der Waals surface area contributed by atoms with Crippen molar-refractivity contribution in [1.82, 2.24) is 0 Å². The molecule has 29 heavy (non-hydrogen) atoms. The first-order valence-corrected chi connectivity index (χ1v) is 11.2. The largest absolute Gasteiger partial charge is 0.550 e. The number of unbranched alkanes of at least 4 members (excludes halogenated alkanes) is 6. The molecule has 0 aromatic carbocycles. The van der Waals surface area contributed by atoms with Crippen LogP contribution in [0.1, 0.15) is 84.0 Å². The van der Waals surface area contributed by atoms with Crippen molar-refractivity contribution in [2.24, 2.45) is 0 Å². The summed E-state index contributed by atoms with van der Waals surface area (Å²) in [5.74, 6) is -1.52. The SMILES string of the molecule is CCCCC(O)C/C=C/CCCCCCCC(=O)OC(CC(=O)[O-])C[N+](C)(C)C. The number of carbonyl (C=O) groups excluding carboxylic acids is 2. The number of allylic oxidation sites excluding steroid dienone is 1. The summed E-state index contributed by atoms with van der Waals surface area (Å²) in [6.07, 6.45) is 13.3. The maximum Gasteiger partial charge on any atom is 0.306 e. The summed E-state index contributed by atoms with van der Waals surface area (Å²) in [5, 5.41) is 20.6. The van der Waals surface area contributed by atoms with Crippen molar-refractivity contribution in [3.8, 4) is 0 Å². The first kappa shape index (κ1) is 27.6. The van der Waals surface area contributed by atoms with Crippen LogP contribution in [-0.2, 0) is 14.3 Å². The molecule has 1 N–H and O–H groups in total. The number of quaternary nitrogens is 1. The van der Waals surface area contributed by atoms with Crippen LogP contribution < -0.4 is 5.11 Å². The summed E-state index contributed by atoms with van der Waals surface area (Å²) in [7, 11) is 5.79. The molecule has 0 aliphatic carbocycles. The van der Waals surface area contributed by atoms with Gasteiger partial charge in [0.15, 0.2) is 6.10 Å². The predicted molar refractivity (Wildman–Crippen MR) is 114 cm³/mol. The molecule has 2 atom stereocenters. The first-order valence-electron chi connectivity index (χ1n) is 11.2. The highest BCUT2D eigenvalue weighted by Gasteiger charge is 2.22. The second kappa shape index (κ2) is 16.4. The van der Waals surface area contributed by atoms with Crippen LogP contribution in [0.2, 0.25) is 0 Å². The summed E-state index contributed by atoms with van der Waals surface area (Å²) in [6.45, 7) is 2.58. The topological polar surface area (TPSA) is 86.7 Å². The lowest BCUT2D eigenvalue weighted by Crippen LogP contribution is -2.45. The summed E-state index contributed by atoms with van der Waals surface area (Å²) in [6, 6.07) is 0. The number of esters is 1. The Morgan fingerprint density at radius 3 is 2.31 bits per heavy atom. The average Bonchev–Trinajstić information content (AvgIpc) is 2.59. The van der Waals surface area contributed by atoms with Gasteiger partial charge in [-0.05, 0) is 32.1 Å². The Balaban J connectivity index is 3.78. The number of hydrogen-bond acceptors (Lipinski definition) is 5. The second-order valence-corrected chi connectivity index (χ2v) is 8.97. The minimum atomic E-state index is -1.19. The number of hydrogen-bond donors (Lipinski definition) is 1. The summed E-state index contributed by atoms with van der Waals surface area (Å²) >= 11 is 0. The molecule has 0 radical (unpaired) electrons. The highest BCUT2D eigenvalue weighted by atomic mass is 16.5. The number of carbonyl (C=O) groups is 2. The van der Waals surface area contributed by atoms with Crippen LogP contribution in [0.25, 0.3) is 0 Å². The smallest absolute Gasteiger partial charge is 0.306 e. The molecule has 2 unspecified atom stereocenters. The van der Waals surface area contributed by atoms with E-state index in [1.54, 1.807) is 0 Å². The van der Waals surface area contributed by atoms with Crippen LogP contribution in [0.4, 0.5) is 0 Å². The third-order valence-electron chi connectivity index (χ3n) is 4.66. The van der Waals surface area contributed by atoms with Gasteiger partial charge in [-0.25, -0.2) is 0 Å². The lowest BCUT2D eigenvalue weighted by Gasteiger charge is -2.29. The molecule has 0 amide bonds. The molecule has 170 valence electrons. The van der Waals surface area contributed by atoms with E-state index in [2.05, 4.69) is 19.1 Å². The molecule has 0 saturated carbocycles. The van der Waals surface area contributed by atoms with Crippen LogP contribution in [0.15, 0.2) is 12.2 Å². The molecule has 0 aromatic heterocycles. The molecule has 0 heterocycles. The van der Waals surface area contributed by atoms with E-state index < -0.39 is 12.1 Å². The number of carboxylic acids is 1. The number of aliphatic carboxylic acids is 1. The molecule has 0 bridgehead atoms. The molecule has 0 rings (SSSR count). The highest BCUT2D eigenvalue weighted by Crippen LogP contribution is 2.11. The van der Waals surface area contributed by atoms with E-state index in [0.29, 0.717) is 17.4 Å². The second-order valence-electron chi connectivity index (χ2n) is 8.97. The zero-order valence-electron chi connectivity index (χ0n) is 19.0. The van der Waals surface area contributed by atoms with Gasteiger partial charge in [0.05, 0.1) is 27.2 Å². The normalized spacial score (nSPS) is 14.1. The summed E-state index contributed by atoms with van der Waals surface area (Å²) < 4.78 is 5.87. The Hall–Kier alpha value is -1.40. The van der Waals surface area contributed by atoms with E-state index in [9.17, 15) is 19.8 Å². The summed E-state index contributed by atoms with van der Waals surface area (Å²) in [4.78, 5) is 22.8. The maximum atomic E-state index is 12.0. The molecule has 6 heteroatoms. The van der Waals surface area contributed by atoms with Crippen molar-refractivity contribution in [2.75, 3.05) is 27.7 Å². The summed E-state index contributed by atoms with van der Waals surface area (Å²) in [5.41, 5.74) is 0. The minimum Gasteiger partial charge on any atom is -0.550 e. The lowest BCUT2D eigenvalue weighted by molar-refractivity contribution is -0.873. The van der Waals surface area contributed by atoms with Crippen molar-refractivity contribution < 1.29 is 29.0 Å². The quantitative estimate of drug-likeness (QED) is 0.162. The minimum absolute atomic E-state index is 0.209. The Labute approximate surface area is 177 Å². The first-order chi connectivity index (χ1) is 13.6. The monoisotopic (exact) mass is 413 g/mol. The Kier molecular flexibility index (Phi) is 15.6. The van der Waals surface area contributed by atoms with Gasteiger partial charge in [-0.15, -0.1) is 0 Å². The van der Waals surface area contributed by atoms with E-state index >= 15 is 0 Å². The predicted octanol–water partition coefficient (Wildman–Crippen LogP) is 2.97. The van der Waals surface area contributed by atoms with Gasteiger partial charge in [0.1, 0.15) is 6.54 Å². The third-order valence-corrected chi connectivity index (χ3v) is 4.66. The molecule has 0 aromatic rings. The van der Waals surface area contributed by atoms with Crippen molar-refractivity contribution in [2.45, 2.75) is 96.2 Å². The molecule has 6 nitrogen and oxygen atoms in total. The van der Waals surface area contributed by atoms with E-state index in [1.807, 2.05) is 21.1 Å². The van der Waals surface area contributed by atoms with Gasteiger partial charge < -0.3 is 24.2 Å². The Bertz CT molecular complexity index is 470. The third kappa shape index (κ3) is 19.7. The van der Waals surface area contributed by atoms with E-state index in [0.717, 1.165) is 64.2 Å². The molecule has 0 saturated heterocycles. The van der Waals surface area contributed by atoms with Gasteiger partial charge in [-0.3, -0.25) is 4.79 Å². The van der Waals surface area contributed by atoms with Crippen molar-refractivity contribution in [3.05, 3.63) is 12.2 Å². The van der Waals surface area contributed by atoms with Gasteiger partial charge >= 0.3 is 5.97 Å². The zero-order chi connectivity index (χ0) is 22.1. The fraction of sp³-hybridized carbons (Fsp3) is 0.826. The molecule has 0 spiro atoms. The number of nitrogens with zero attached hydrogens (tertiary/aromatic N) is 1. The number of rotatable bonds is 18. The number of ether oxygens (including phenoxy) is 1. The van der Waals surface area contributed by atoms with Crippen LogP contribution in [0, 0.1) is 0 Å². The van der Waals surface area contributed by atoms with Crippen molar-refractivity contribution in [1.29, 1.82) is 0 Å². The van der Waals surface area contributed by atoms with E-state index in [1.165, 1.54) is 0 Å². The number of aliphatic hydroxyl groups excluding tert-OH is 1. The van der Waals surface area contributed by atoms with E-state index in [4.69, 9.17) is 4.74 Å². The van der Waals surface area contributed by atoms with Gasteiger partial charge in [-0.2, -0.15) is 0 Å². The maximum absolute atomic E-state index is 12.0. The van der Waals surface area contributed by atoms with Gasteiger partial charge in [0.25, 0.3) is 0 Å². The van der Waals surface area contributed by atoms with Gasteiger partial charge in [0, 0.05) is 18.8 Å². The van der Waals surface area contributed by atoms with Crippen molar-refractivity contribution in [3.63, 3.8) is 0 Å². The number of aliphatic hydroxyl groups is 1. The van der Waals surface area contributed by atoms with Crippen LogP contribution in [0.3, 0.4) is 0 Å². The molecular weight excluding hydrogens is 370 g/mol. The lowest BCUT2D eigenvalue weighted by atomic mass is 10.1. The number of likely N-dealkylation sites (N-methyl/N-ethyl adjacent to an activating group) is 1. The van der Waals surface area contributed by atoms with Gasteiger partial charge in [0.2, 0.25) is 0 Å². The molecule has 0 fully saturated rings. The Morgan fingerprint density at radius 1 is 1.03 bits per heavy atom. The van der Waals surface area contributed by atoms with Gasteiger partial charge in [-0.1, -0.05) is 51.2 Å². The van der Waals surface area contributed by atoms with Crippen LogP contribution in [-0.4, -0.2) is 61.4 Å². The van der Waals surface area contributed by atoms with Crippen LogP contribution in [0.5, 0.6) is 0 Å². The standard InChI is InChI=1S/C23H43NO5/c1-5-6-15-20(25)16-13-11-9-7-8-10-12-14-17-23(28)29-21(18-22(26)27)19-24(2,3)4/h11,13,20-21,25H,5-10,12,14-19H2,1-4H3/b13-11+. The molecular formula is C23H43NO5. The molecule has 0 aliphatic heterocycles. The fourth-order valence-corrected chi connectivity index (χ4v) is 3.18. The fourth-order valence-electron chi connectivity index (χ4n) is 3.18.